The molecule has 1 aromatic heterocycles. The molecule has 0 saturated carbocycles. The minimum atomic E-state index is 0.760. The molecule has 0 unspecified atom stereocenters. The lowest BCUT2D eigenvalue weighted by Crippen LogP contribution is -1.94. The quantitative estimate of drug-likeness (QED) is 0.606. The molecule has 0 aliphatic carbocycles. The van der Waals surface area contributed by atoms with Gasteiger partial charge in [-0.2, -0.15) is 0 Å². The molecule has 1 aromatic carbocycles. The predicted octanol–water partition coefficient (Wildman–Crippen LogP) is 3.34. The highest BCUT2D eigenvalue weighted by Gasteiger charge is 2.08. The number of ether oxygens (including phenoxy) is 1. The van der Waals surface area contributed by atoms with E-state index in [1.165, 1.54) is 21.1 Å². The van der Waals surface area contributed by atoms with E-state index in [1.807, 2.05) is 24.3 Å². The van der Waals surface area contributed by atoms with E-state index in [9.17, 15) is 0 Å². The van der Waals surface area contributed by atoms with Crippen molar-refractivity contribution in [3.05, 3.63) is 24.3 Å². The van der Waals surface area contributed by atoms with Crippen molar-refractivity contribution in [1.29, 1.82) is 0 Å². The molecule has 2 aromatic rings. The van der Waals surface area contributed by atoms with Crippen LogP contribution in [-0.2, 0) is 0 Å². The van der Waals surface area contributed by atoms with Crippen molar-refractivity contribution >= 4 is 21.1 Å². The second-order valence-electron chi connectivity index (χ2n) is 3.03. The summed E-state index contributed by atoms with van der Waals surface area (Å²) < 4.78 is 13.9. The highest BCUT2D eigenvalue weighted by molar-refractivity contribution is 7.64. The zero-order valence-electron chi connectivity index (χ0n) is 8.34. The number of hydrogen-bond acceptors (Lipinski definition) is 4. The predicted molar refractivity (Wildman–Crippen MR) is 63.4 cm³/mol. The van der Waals surface area contributed by atoms with Gasteiger partial charge in [0.1, 0.15) is 5.75 Å². The molecule has 0 aliphatic heterocycles. The molecule has 0 fully saturated rings. The second kappa shape index (κ2) is 5.14. The van der Waals surface area contributed by atoms with Crippen molar-refractivity contribution in [3.63, 3.8) is 0 Å². The van der Waals surface area contributed by atoms with Crippen LogP contribution in [0.25, 0.3) is 11.4 Å². The normalized spacial score (nSPS) is 10.2. The lowest BCUT2D eigenvalue weighted by atomic mass is 10.2. The maximum Gasteiger partial charge on any atom is 0.462 e. The fourth-order valence-corrected chi connectivity index (χ4v) is 2.32. The first-order valence-electron chi connectivity index (χ1n) is 4.75. The second-order valence-corrected chi connectivity index (χ2v) is 4.59. The first-order chi connectivity index (χ1) is 7.40. The molecule has 0 saturated heterocycles. The van der Waals surface area contributed by atoms with E-state index >= 15 is 0 Å². The summed E-state index contributed by atoms with van der Waals surface area (Å²) in [5.41, 5.74) is 1.04. The van der Waals surface area contributed by atoms with Gasteiger partial charge in [0, 0.05) is 5.56 Å². The molecule has 15 heavy (non-hydrogen) atoms. The number of nitrogens with zero attached hydrogens (tertiary/aromatic N) is 2. The largest absolute Gasteiger partial charge is 0.494 e. The van der Waals surface area contributed by atoms with Gasteiger partial charge in [-0.3, -0.25) is 0 Å². The monoisotopic (exact) mass is 239 g/mol. The number of hydrogen-bond donors (Lipinski definition) is 0. The smallest absolute Gasteiger partial charge is 0.462 e. The Balaban J connectivity index is 2.11. The first kappa shape index (κ1) is 10.4. The van der Waals surface area contributed by atoms with E-state index < -0.39 is 0 Å². The van der Waals surface area contributed by atoms with E-state index in [4.69, 9.17) is 4.74 Å². The number of aromatic nitrogens is 2. The zero-order valence-corrected chi connectivity index (χ0v) is 9.98. The average molecular weight is 239 g/mol. The minimum absolute atomic E-state index is 0.760. The standard InChI is InChI=1S/C10H11N2OS2/c1-2-7-13-9-5-3-8(4-6-9)10-11-14-15-12-10/h3-6H,2,7H2,1H3/q+1. The molecular formula is C10H11N2OS2+. The molecule has 5 heteroatoms. The highest BCUT2D eigenvalue weighted by atomic mass is 32.9. The first-order valence-corrected chi connectivity index (χ1v) is 6.81. The Morgan fingerprint density at radius 2 is 2.13 bits per heavy atom. The van der Waals surface area contributed by atoms with Crippen molar-refractivity contribution in [1.82, 2.24) is 8.75 Å². The maximum atomic E-state index is 5.49. The van der Waals surface area contributed by atoms with Crippen LogP contribution < -0.4 is 4.74 Å². The Bertz CT molecular complexity index is 400. The summed E-state index contributed by atoms with van der Waals surface area (Å²) >= 11 is 0. The van der Waals surface area contributed by atoms with Crippen LogP contribution >= 0.6 is 21.1 Å². The highest BCUT2D eigenvalue weighted by Crippen LogP contribution is 2.21. The molecule has 0 spiro atoms. The van der Waals surface area contributed by atoms with Gasteiger partial charge in [-0.25, -0.2) is 0 Å². The van der Waals surface area contributed by atoms with Gasteiger partial charge in [0.25, 0.3) is 0 Å². The minimum Gasteiger partial charge on any atom is -0.494 e. The molecule has 0 radical (unpaired) electrons. The SMILES string of the molecule is CCCOc1ccc(-c2ns[s+]n2)cc1. The van der Waals surface area contributed by atoms with Gasteiger partial charge >= 0.3 is 21.1 Å². The van der Waals surface area contributed by atoms with Crippen LogP contribution in [-0.4, -0.2) is 15.4 Å². The Kier molecular flexibility index (Phi) is 3.58. The van der Waals surface area contributed by atoms with E-state index in [2.05, 4.69) is 15.7 Å². The van der Waals surface area contributed by atoms with Crippen LogP contribution in [0.15, 0.2) is 24.3 Å². The average Bonchev–Trinajstić information content (AvgIpc) is 2.80. The molecule has 2 rings (SSSR count). The molecule has 0 aliphatic rings. The molecule has 0 bridgehead atoms. The van der Waals surface area contributed by atoms with E-state index in [0.29, 0.717) is 0 Å². The van der Waals surface area contributed by atoms with Crippen molar-refractivity contribution < 1.29 is 4.74 Å². The van der Waals surface area contributed by atoms with Crippen LogP contribution in [0.5, 0.6) is 5.75 Å². The Hall–Kier alpha value is -1.07. The van der Waals surface area contributed by atoms with Gasteiger partial charge in [0.05, 0.1) is 11.0 Å². The van der Waals surface area contributed by atoms with E-state index in [1.54, 1.807) is 0 Å². The molecule has 3 nitrogen and oxygen atoms in total. The molecule has 0 atom stereocenters. The van der Waals surface area contributed by atoms with E-state index in [-0.39, 0.29) is 0 Å². The lowest BCUT2D eigenvalue weighted by molar-refractivity contribution is 0.317. The lowest BCUT2D eigenvalue weighted by Gasteiger charge is -2.03. The van der Waals surface area contributed by atoms with Gasteiger partial charge < -0.3 is 4.74 Å². The molecule has 1 heterocycles. The van der Waals surface area contributed by atoms with Crippen molar-refractivity contribution in [3.8, 4) is 17.1 Å². The third-order valence-corrected chi connectivity index (χ3v) is 3.07. The third-order valence-electron chi connectivity index (χ3n) is 1.87. The van der Waals surface area contributed by atoms with Crippen molar-refractivity contribution in [2.75, 3.05) is 6.61 Å². The van der Waals surface area contributed by atoms with Gasteiger partial charge in [-0.05, 0) is 30.7 Å². The topological polar surface area (TPSA) is 35.0 Å². The molecule has 0 amide bonds. The Morgan fingerprint density at radius 1 is 1.33 bits per heavy atom. The van der Waals surface area contributed by atoms with Crippen LogP contribution in [0.3, 0.4) is 0 Å². The number of rotatable bonds is 4. The van der Waals surface area contributed by atoms with Gasteiger partial charge in [-0.15, -0.1) is 4.37 Å². The fourth-order valence-electron chi connectivity index (χ4n) is 1.15. The summed E-state index contributed by atoms with van der Waals surface area (Å²) in [6, 6.07) is 7.88. The van der Waals surface area contributed by atoms with Crippen LogP contribution in [0.4, 0.5) is 0 Å². The molecular weight excluding hydrogens is 228 g/mol. The van der Waals surface area contributed by atoms with Gasteiger partial charge in [0.15, 0.2) is 0 Å². The Labute approximate surface area is 96.1 Å². The number of benzene rings is 1. The van der Waals surface area contributed by atoms with E-state index in [0.717, 1.165) is 30.2 Å². The third kappa shape index (κ3) is 2.70. The van der Waals surface area contributed by atoms with Crippen molar-refractivity contribution in [2.24, 2.45) is 0 Å². The summed E-state index contributed by atoms with van der Waals surface area (Å²) in [6.45, 7) is 2.85. The van der Waals surface area contributed by atoms with Gasteiger partial charge in [-0.1, -0.05) is 6.92 Å². The summed E-state index contributed by atoms with van der Waals surface area (Å²) in [7, 11) is 2.80. The van der Waals surface area contributed by atoms with Gasteiger partial charge in [0.2, 0.25) is 5.82 Å². The zero-order chi connectivity index (χ0) is 10.5. The molecule has 78 valence electrons. The van der Waals surface area contributed by atoms with Crippen LogP contribution in [0.2, 0.25) is 0 Å². The van der Waals surface area contributed by atoms with Crippen LogP contribution in [0.1, 0.15) is 13.3 Å². The van der Waals surface area contributed by atoms with Crippen LogP contribution in [0, 0.1) is 0 Å². The summed E-state index contributed by atoms with van der Waals surface area (Å²) in [5, 5.41) is 0. The fraction of sp³-hybridized carbons (Fsp3) is 0.300. The molecule has 0 N–H and O–H groups in total. The summed E-state index contributed by atoms with van der Waals surface area (Å²) in [5.74, 6) is 1.70. The summed E-state index contributed by atoms with van der Waals surface area (Å²) in [6.07, 6.45) is 1.02. The maximum absolute atomic E-state index is 5.49. The van der Waals surface area contributed by atoms with Crippen molar-refractivity contribution in [2.45, 2.75) is 13.3 Å². The summed E-state index contributed by atoms with van der Waals surface area (Å²) in [4.78, 5) is 0. The Morgan fingerprint density at radius 3 is 2.73 bits per heavy atom.